The van der Waals surface area contributed by atoms with Gasteiger partial charge in [-0.3, -0.25) is 4.79 Å². The molecule has 2 heterocycles. The molecule has 0 bridgehead atoms. The molecule has 0 atom stereocenters. The summed E-state index contributed by atoms with van der Waals surface area (Å²) in [4.78, 5) is 12.9. The van der Waals surface area contributed by atoms with E-state index in [1.807, 2.05) is 29.6 Å². The first-order valence-electron chi connectivity index (χ1n) is 7.24. The molecule has 0 radical (unpaired) electrons. The van der Waals surface area contributed by atoms with E-state index < -0.39 is 5.41 Å². The Morgan fingerprint density at radius 3 is 2.62 bits per heavy atom. The molecule has 110 valence electrons. The summed E-state index contributed by atoms with van der Waals surface area (Å²) in [5.41, 5.74) is 1.80. The van der Waals surface area contributed by atoms with Crippen LogP contribution in [0, 0.1) is 0 Å². The monoisotopic (exact) mass is 301 g/mol. The molecule has 1 fully saturated rings. The smallest absolute Gasteiger partial charge is 0.231 e. The quantitative estimate of drug-likeness (QED) is 0.942. The number of carbonyl (C=O) groups is 1. The molecule has 2 aromatic rings. The lowest BCUT2D eigenvalue weighted by atomic mass is 9.73. The van der Waals surface area contributed by atoms with Crippen molar-refractivity contribution >= 4 is 17.2 Å². The van der Waals surface area contributed by atoms with Gasteiger partial charge in [0.1, 0.15) is 0 Å². The van der Waals surface area contributed by atoms with Crippen molar-refractivity contribution in [1.29, 1.82) is 0 Å². The number of nitrogens with one attached hydrogen (secondary N) is 1. The van der Waals surface area contributed by atoms with Crippen molar-refractivity contribution in [3.63, 3.8) is 0 Å². The van der Waals surface area contributed by atoms with Crippen LogP contribution >= 0.6 is 11.3 Å². The zero-order valence-corrected chi connectivity index (χ0v) is 12.7. The lowest BCUT2D eigenvalue weighted by Gasteiger charge is -2.36. The van der Waals surface area contributed by atoms with Gasteiger partial charge in [0.05, 0.1) is 5.41 Å². The standard InChI is InChI=1S/C17H19NO2S/c19-16(18-12-14-6-11-21-13-14)17(7-9-20-10-8-17)15-4-2-1-3-5-15/h1-6,11,13H,7-10,12H2,(H,18,19). The van der Waals surface area contributed by atoms with Crippen molar-refractivity contribution in [2.45, 2.75) is 24.8 Å². The van der Waals surface area contributed by atoms with Crippen molar-refractivity contribution in [3.05, 3.63) is 58.3 Å². The average molecular weight is 301 g/mol. The van der Waals surface area contributed by atoms with Crippen LogP contribution in [0.5, 0.6) is 0 Å². The molecular formula is C17H19NO2S. The Bertz CT molecular complexity index is 574. The van der Waals surface area contributed by atoms with E-state index in [9.17, 15) is 4.79 Å². The van der Waals surface area contributed by atoms with Crippen molar-refractivity contribution < 1.29 is 9.53 Å². The van der Waals surface area contributed by atoms with E-state index in [0.29, 0.717) is 19.8 Å². The normalized spacial score (nSPS) is 17.3. The summed E-state index contributed by atoms with van der Waals surface area (Å²) in [6.45, 7) is 1.87. The zero-order chi connectivity index (χ0) is 14.5. The minimum absolute atomic E-state index is 0.114. The van der Waals surface area contributed by atoms with Gasteiger partial charge in [-0.1, -0.05) is 30.3 Å². The lowest BCUT2D eigenvalue weighted by Crippen LogP contribution is -2.47. The molecule has 1 aliphatic heterocycles. The maximum atomic E-state index is 12.9. The molecule has 1 amide bonds. The summed E-state index contributed by atoms with van der Waals surface area (Å²) >= 11 is 1.65. The van der Waals surface area contributed by atoms with Crippen molar-refractivity contribution in [2.24, 2.45) is 0 Å². The molecule has 0 spiro atoms. The summed E-state index contributed by atoms with van der Waals surface area (Å²) in [6.07, 6.45) is 1.49. The Balaban J connectivity index is 1.80. The minimum Gasteiger partial charge on any atom is -0.381 e. The zero-order valence-electron chi connectivity index (χ0n) is 11.9. The van der Waals surface area contributed by atoms with Gasteiger partial charge in [-0.25, -0.2) is 0 Å². The number of thiophene rings is 1. The highest BCUT2D eigenvalue weighted by molar-refractivity contribution is 7.07. The maximum Gasteiger partial charge on any atom is 0.231 e. The van der Waals surface area contributed by atoms with Gasteiger partial charge in [0, 0.05) is 19.8 Å². The number of hydrogen-bond acceptors (Lipinski definition) is 3. The van der Waals surface area contributed by atoms with E-state index in [0.717, 1.165) is 24.0 Å². The Labute approximate surface area is 129 Å². The fraction of sp³-hybridized carbons (Fsp3) is 0.353. The van der Waals surface area contributed by atoms with Crippen LogP contribution in [0.15, 0.2) is 47.2 Å². The molecule has 21 heavy (non-hydrogen) atoms. The molecular weight excluding hydrogens is 282 g/mol. The predicted molar refractivity (Wildman–Crippen MR) is 84.3 cm³/mol. The number of carbonyl (C=O) groups excluding carboxylic acids is 1. The highest BCUT2D eigenvalue weighted by Gasteiger charge is 2.41. The van der Waals surface area contributed by atoms with Crippen LogP contribution < -0.4 is 5.32 Å². The molecule has 4 heteroatoms. The molecule has 0 aliphatic carbocycles. The third-order valence-electron chi connectivity index (χ3n) is 4.14. The first kappa shape index (κ1) is 14.3. The van der Waals surface area contributed by atoms with E-state index in [4.69, 9.17) is 4.74 Å². The summed E-state index contributed by atoms with van der Waals surface area (Å²) in [5.74, 6) is 0.114. The van der Waals surface area contributed by atoms with Gasteiger partial charge in [-0.2, -0.15) is 11.3 Å². The Morgan fingerprint density at radius 1 is 1.19 bits per heavy atom. The van der Waals surface area contributed by atoms with E-state index in [1.54, 1.807) is 11.3 Å². The van der Waals surface area contributed by atoms with Gasteiger partial charge in [-0.05, 0) is 40.8 Å². The Kier molecular flexibility index (Phi) is 4.36. The molecule has 0 saturated carbocycles. The van der Waals surface area contributed by atoms with Gasteiger partial charge >= 0.3 is 0 Å². The Morgan fingerprint density at radius 2 is 1.95 bits per heavy atom. The molecule has 1 aromatic carbocycles. The van der Waals surface area contributed by atoms with Crippen molar-refractivity contribution in [3.8, 4) is 0 Å². The van der Waals surface area contributed by atoms with E-state index in [1.165, 1.54) is 0 Å². The van der Waals surface area contributed by atoms with Crippen LogP contribution in [-0.2, 0) is 21.5 Å². The summed E-state index contributed by atoms with van der Waals surface area (Å²) in [6, 6.07) is 12.1. The first-order chi connectivity index (χ1) is 10.3. The second-order valence-corrected chi connectivity index (χ2v) is 6.15. The molecule has 1 aromatic heterocycles. The van der Waals surface area contributed by atoms with E-state index >= 15 is 0 Å². The number of amides is 1. The van der Waals surface area contributed by atoms with E-state index in [-0.39, 0.29) is 5.91 Å². The van der Waals surface area contributed by atoms with Crippen LogP contribution in [0.4, 0.5) is 0 Å². The lowest BCUT2D eigenvalue weighted by molar-refractivity contribution is -0.130. The minimum atomic E-state index is -0.449. The molecule has 1 saturated heterocycles. The van der Waals surface area contributed by atoms with E-state index in [2.05, 4.69) is 22.8 Å². The average Bonchev–Trinajstić information content (AvgIpc) is 3.07. The van der Waals surface area contributed by atoms with Crippen LogP contribution in [-0.4, -0.2) is 19.1 Å². The predicted octanol–water partition coefficient (Wildman–Crippen LogP) is 3.11. The highest BCUT2D eigenvalue weighted by atomic mass is 32.1. The Hall–Kier alpha value is -1.65. The van der Waals surface area contributed by atoms with Crippen LogP contribution in [0.3, 0.4) is 0 Å². The number of rotatable bonds is 4. The number of hydrogen-bond donors (Lipinski definition) is 1. The highest BCUT2D eigenvalue weighted by Crippen LogP contribution is 2.35. The van der Waals surface area contributed by atoms with Gasteiger partial charge in [-0.15, -0.1) is 0 Å². The fourth-order valence-electron chi connectivity index (χ4n) is 2.87. The molecule has 1 N–H and O–H groups in total. The third kappa shape index (κ3) is 3.01. The van der Waals surface area contributed by atoms with Gasteiger partial charge in [0.15, 0.2) is 0 Å². The topological polar surface area (TPSA) is 38.3 Å². The molecule has 3 rings (SSSR count). The molecule has 0 unspecified atom stereocenters. The molecule has 1 aliphatic rings. The molecule has 3 nitrogen and oxygen atoms in total. The summed E-state index contributed by atoms with van der Waals surface area (Å²) < 4.78 is 5.47. The largest absolute Gasteiger partial charge is 0.381 e. The SMILES string of the molecule is O=C(NCc1ccsc1)C1(c2ccccc2)CCOCC1. The van der Waals surface area contributed by atoms with Crippen LogP contribution in [0.1, 0.15) is 24.0 Å². The van der Waals surface area contributed by atoms with Gasteiger partial charge in [0.2, 0.25) is 5.91 Å². The van der Waals surface area contributed by atoms with Crippen LogP contribution in [0.2, 0.25) is 0 Å². The fourth-order valence-corrected chi connectivity index (χ4v) is 3.54. The number of ether oxygens (including phenoxy) is 1. The van der Waals surface area contributed by atoms with Crippen molar-refractivity contribution in [1.82, 2.24) is 5.32 Å². The summed E-state index contributed by atoms with van der Waals surface area (Å²) in [7, 11) is 0. The maximum absolute atomic E-state index is 12.9. The second kappa shape index (κ2) is 6.41. The summed E-state index contributed by atoms with van der Waals surface area (Å²) in [5, 5.41) is 7.21. The first-order valence-corrected chi connectivity index (χ1v) is 8.18. The number of benzene rings is 1. The van der Waals surface area contributed by atoms with Gasteiger partial charge < -0.3 is 10.1 Å². The van der Waals surface area contributed by atoms with Crippen LogP contribution in [0.25, 0.3) is 0 Å². The third-order valence-corrected chi connectivity index (χ3v) is 4.87. The second-order valence-electron chi connectivity index (χ2n) is 5.37. The van der Waals surface area contributed by atoms with Crippen molar-refractivity contribution in [2.75, 3.05) is 13.2 Å². The van der Waals surface area contributed by atoms with Gasteiger partial charge in [0.25, 0.3) is 0 Å².